The molecule has 0 radical (unpaired) electrons. The Balaban J connectivity index is 2.12. The summed E-state index contributed by atoms with van der Waals surface area (Å²) in [5, 5.41) is 3.19. The second-order valence-electron chi connectivity index (χ2n) is 4.55. The van der Waals surface area contributed by atoms with Crippen molar-refractivity contribution in [2.75, 3.05) is 0 Å². The maximum Gasteiger partial charge on any atom is 0.274 e. The second kappa shape index (κ2) is 3.89. The van der Waals surface area contributed by atoms with Crippen LogP contribution in [-0.4, -0.2) is 15.8 Å². The summed E-state index contributed by atoms with van der Waals surface area (Å²) in [7, 11) is 0. The highest BCUT2D eigenvalue weighted by atomic mass is 16.1. The fraction of sp³-hybridized carbons (Fsp3) is 0.308. The highest BCUT2D eigenvalue weighted by Gasteiger charge is 2.22. The lowest BCUT2D eigenvalue weighted by Gasteiger charge is -2.15. The Morgan fingerprint density at radius 1 is 1.29 bits per heavy atom. The molecule has 0 saturated heterocycles. The van der Waals surface area contributed by atoms with Crippen molar-refractivity contribution in [1.82, 2.24) is 9.78 Å². The standard InChI is InChI=1S/C13H15N3O/c14-9-6-7-12-11(8-9)13(17)16(15-12)10-4-2-1-3-5-10/h1-5,9,15H,6-8,14H2. The van der Waals surface area contributed by atoms with Gasteiger partial charge in [0, 0.05) is 17.3 Å². The van der Waals surface area contributed by atoms with Crippen LogP contribution in [0.4, 0.5) is 0 Å². The number of nitrogens with one attached hydrogen (secondary N) is 1. The Kier molecular flexibility index (Phi) is 2.37. The van der Waals surface area contributed by atoms with E-state index < -0.39 is 0 Å². The number of para-hydroxylation sites is 1. The number of nitrogens with two attached hydrogens (primary N) is 1. The van der Waals surface area contributed by atoms with Crippen LogP contribution in [0.15, 0.2) is 35.1 Å². The first-order valence-electron chi connectivity index (χ1n) is 5.89. The summed E-state index contributed by atoms with van der Waals surface area (Å²) >= 11 is 0. The fourth-order valence-corrected chi connectivity index (χ4v) is 2.39. The molecule has 0 amide bonds. The van der Waals surface area contributed by atoms with Crippen molar-refractivity contribution in [2.24, 2.45) is 5.73 Å². The van der Waals surface area contributed by atoms with Crippen molar-refractivity contribution in [1.29, 1.82) is 0 Å². The molecule has 1 unspecified atom stereocenters. The second-order valence-corrected chi connectivity index (χ2v) is 4.55. The molecule has 0 aliphatic heterocycles. The number of nitrogens with zero attached hydrogens (tertiary/aromatic N) is 1. The lowest BCUT2D eigenvalue weighted by atomic mass is 9.94. The number of aryl methyl sites for hydroxylation is 1. The van der Waals surface area contributed by atoms with Crippen molar-refractivity contribution in [3.05, 3.63) is 51.9 Å². The normalized spacial score (nSPS) is 19.0. The number of benzene rings is 1. The number of H-pyrrole nitrogens is 1. The predicted octanol–water partition coefficient (Wildman–Crippen LogP) is 0.982. The van der Waals surface area contributed by atoms with Gasteiger partial charge in [0.2, 0.25) is 0 Å². The lowest BCUT2D eigenvalue weighted by Crippen LogP contribution is -2.30. The molecular formula is C13H15N3O. The average molecular weight is 229 g/mol. The van der Waals surface area contributed by atoms with Crippen LogP contribution in [0.1, 0.15) is 17.7 Å². The summed E-state index contributed by atoms with van der Waals surface area (Å²) in [5.41, 5.74) is 8.72. The molecule has 2 aromatic rings. The zero-order chi connectivity index (χ0) is 11.8. The van der Waals surface area contributed by atoms with E-state index in [1.54, 1.807) is 4.68 Å². The van der Waals surface area contributed by atoms with Crippen molar-refractivity contribution in [3.63, 3.8) is 0 Å². The topological polar surface area (TPSA) is 63.8 Å². The maximum absolute atomic E-state index is 12.2. The number of fused-ring (bicyclic) bond motifs is 1. The summed E-state index contributed by atoms with van der Waals surface area (Å²) in [6, 6.07) is 9.75. The van der Waals surface area contributed by atoms with Gasteiger partial charge >= 0.3 is 0 Å². The first-order chi connectivity index (χ1) is 8.25. The smallest absolute Gasteiger partial charge is 0.274 e. The van der Waals surface area contributed by atoms with Gasteiger partial charge in [0.05, 0.1) is 5.69 Å². The third kappa shape index (κ3) is 1.70. The van der Waals surface area contributed by atoms with Gasteiger partial charge in [-0.15, -0.1) is 0 Å². The van der Waals surface area contributed by atoms with Gasteiger partial charge in [-0.05, 0) is 31.4 Å². The van der Waals surface area contributed by atoms with Crippen LogP contribution in [0, 0.1) is 0 Å². The quantitative estimate of drug-likeness (QED) is 0.765. The van der Waals surface area contributed by atoms with Crippen LogP contribution in [0.2, 0.25) is 0 Å². The number of aromatic nitrogens is 2. The Morgan fingerprint density at radius 2 is 2.06 bits per heavy atom. The maximum atomic E-state index is 12.2. The first-order valence-corrected chi connectivity index (χ1v) is 5.89. The SMILES string of the molecule is NC1CCc2[nH]n(-c3ccccc3)c(=O)c2C1. The third-order valence-electron chi connectivity index (χ3n) is 3.32. The molecule has 0 saturated carbocycles. The van der Waals surface area contributed by atoms with Crippen LogP contribution in [-0.2, 0) is 12.8 Å². The molecule has 1 aliphatic carbocycles. The monoisotopic (exact) mass is 229 g/mol. The molecule has 4 heteroatoms. The van der Waals surface area contributed by atoms with Crippen molar-refractivity contribution in [3.8, 4) is 5.69 Å². The van der Waals surface area contributed by atoms with E-state index in [9.17, 15) is 4.79 Å². The van der Waals surface area contributed by atoms with Gasteiger partial charge in [-0.1, -0.05) is 18.2 Å². The van der Waals surface area contributed by atoms with E-state index in [0.717, 1.165) is 29.8 Å². The molecule has 0 bridgehead atoms. The summed E-state index contributed by atoms with van der Waals surface area (Å²) in [5.74, 6) is 0. The van der Waals surface area contributed by atoms with Gasteiger partial charge in [-0.3, -0.25) is 9.89 Å². The van der Waals surface area contributed by atoms with Crippen LogP contribution in [0.3, 0.4) is 0 Å². The molecule has 0 fully saturated rings. The van der Waals surface area contributed by atoms with E-state index >= 15 is 0 Å². The van der Waals surface area contributed by atoms with Gasteiger partial charge < -0.3 is 5.73 Å². The summed E-state index contributed by atoms with van der Waals surface area (Å²) in [4.78, 5) is 12.2. The van der Waals surface area contributed by atoms with Crippen LogP contribution in [0.5, 0.6) is 0 Å². The van der Waals surface area contributed by atoms with E-state index in [2.05, 4.69) is 5.10 Å². The van der Waals surface area contributed by atoms with Gasteiger partial charge in [0.25, 0.3) is 5.56 Å². The number of hydrogen-bond acceptors (Lipinski definition) is 2. The van der Waals surface area contributed by atoms with Crippen LogP contribution in [0.25, 0.3) is 5.69 Å². The Hall–Kier alpha value is -1.81. The number of aromatic amines is 1. The zero-order valence-electron chi connectivity index (χ0n) is 9.52. The van der Waals surface area contributed by atoms with Gasteiger partial charge in [0.1, 0.15) is 0 Å². The van der Waals surface area contributed by atoms with Crippen LogP contribution < -0.4 is 11.3 Å². The molecule has 1 heterocycles. The van der Waals surface area contributed by atoms with Crippen molar-refractivity contribution < 1.29 is 0 Å². The summed E-state index contributed by atoms with van der Waals surface area (Å²) < 4.78 is 1.61. The largest absolute Gasteiger partial charge is 0.327 e. The Bertz CT molecular complexity index is 582. The number of hydrogen-bond donors (Lipinski definition) is 2. The van der Waals surface area contributed by atoms with Crippen LogP contribution >= 0.6 is 0 Å². The van der Waals surface area contributed by atoms with E-state index in [-0.39, 0.29) is 11.6 Å². The van der Waals surface area contributed by atoms with E-state index in [1.165, 1.54) is 0 Å². The van der Waals surface area contributed by atoms with E-state index in [1.807, 2.05) is 30.3 Å². The molecule has 1 aromatic carbocycles. The zero-order valence-corrected chi connectivity index (χ0v) is 9.52. The Morgan fingerprint density at radius 3 is 2.82 bits per heavy atom. The molecule has 1 aromatic heterocycles. The molecule has 1 aliphatic rings. The highest BCUT2D eigenvalue weighted by Crippen LogP contribution is 2.17. The van der Waals surface area contributed by atoms with Gasteiger partial charge in [-0.25, -0.2) is 4.68 Å². The molecule has 17 heavy (non-hydrogen) atoms. The summed E-state index contributed by atoms with van der Waals surface area (Å²) in [6.45, 7) is 0. The fourth-order valence-electron chi connectivity index (χ4n) is 2.39. The van der Waals surface area contributed by atoms with Gasteiger partial charge in [0.15, 0.2) is 0 Å². The molecule has 0 spiro atoms. The molecule has 4 nitrogen and oxygen atoms in total. The minimum Gasteiger partial charge on any atom is -0.327 e. The molecule has 3 rings (SSSR count). The number of rotatable bonds is 1. The summed E-state index contributed by atoms with van der Waals surface area (Å²) in [6.07, 6.45) is 2.50. The minimum absolute atomic E-state index is 0.0429. The molecule has 88 valence electrons. The van der Waals surface area contributed by atoms with Crippen molar-refractivity contribution in [2.45, 2.75) is 25.3 Å². The third-order valence-corrected chi connectivity index (χ3v) is 3.32. The Labute approximate surface area is 99.1 Å². The van der Waals surface area contributed by atoms with E-state index in [0.29, 0.717) is 6.42 Å². The first kappa shape index (κ1) is 10.4. The highest BCUT2D eigenvalue weighted by molar-refractivity contribution is 5.33. The van der Waals surface area contributed by atoms with Gasteiger partial charge in [-0.2, -0.15) is 0 Å². The molecular weight excluding hydrogens is 214 g/mol. The van der Waals surface area contributed by atoms with E-state index in [4.69, 9.17) is 5.73 Å². The molecule has 3 N–H and O–H groups in total. The average Bonchev–Trinajstić information content (AvgIpc) is 2.68. The predicted molar refractivity (Wildman–Crippen MR) is 66.4 cm³/mol. The van der Waals surface area contributed by atoms with Crippen molar-refractivity contribution >= 4 is 0 Å². The minimum atomic E-state index is 0.0429. The molecule has 1 atom stereocenters. The lowest BCUT2D eigenvalue weighted by molar-refractivity contribution is 0.569.